The number of benzene rings is 2. The van der Waals surface area contributed by atoms with Crippen molar-refractivity contribution in [2.75, 3.05) is 13.7 Å². The van der Waals surface area contributed by atoms with Crippen molar-refractivity contribution in [2.24, 2.45) is 5.73 Å². The molecule has 0 aliphatic heterocycles. The highest BCUT2D eigenvalue weighted by molar-refractivity contribution is 5.80. The number of carbonyl (C=O) groups excluding carboxylic acids is 2. The van der Waals surface area contributed by atoms with Gasteiger partial charge in [-0.15, -0.1) is 0 Å². The lowest BCUT2D eigenvalue weighted by Crippen LogP contribution is -2.31. The zero-order chi connectivity index (χ0) is 20.5. The molecule has 0 fully saturated rings. The van der Waals surface area contributed by atoms with Crippen molar-refractivity contribution in [3.8, 4) is 11.5 Å². The summed E-state index contributed by atoms with van der Waals surface area (Å²) in [6.07, 6.45) is -0.168. The monoisotopic (exact) mass is 386 g/mol. The number of hydrogen-bond donors (Lipinski definition) is 3. The first-order valence-electron chi connectivity index (χ1n) is 8.53. The van der Waals surface area contributed by atoms with E-state index in [0.717, 1.165) is 5.56 Å². The van der Waals surface area contributed by atoms with Crippen LogP contribution in [0.1, 0.15) is 23.6 Å². The van der Waals surface area contributed by atoms with Crippen LogP contribution >= 0.6 is 0 Å². The number of carboxylic acids is 1. The highest BCUT2D eigenvalue weighted by Gasteiger charge is 2.20. The van der Waals surface area contributed by atoms with E-state index >= 15 is 0 Å². The summed E-state index contributed by atoms with van der Waals surface area (Å²) in [6, 6.07) is 13.1. The molecular formula is C20H22N2O6. The largest absolute Gasteiger partial charge is 0.493 e. The molecule has 0 saturated heterocycles. The number of primary amides is 1. The molecule has 0 bridgehead atoms. The smallest absolute Gasteiger partial charge is 0.305 e. The maximum atomic E-state index is 12.4. The number of aliphatic carboxylic acids is 1. The van der Waals surface area contributed by atoms with Gasteiger partial charge in [-0.05, 0) is 23.3 Å². The van der Waals surface area contributed by atoms with Crippen LogP contribution in [0.5, 0.6) is 11.5 Å². The summed E-state index contributed by atoms with van der Waals surface area (Å²) in [5.74, 6) is -1.41. The molecule has 2 aromatic rings. The van der Waals surface area contributed by atoms with E-state index < -0.39 is 17.9 Å². The Morgan fingerprint density at radius 3 is 2.43 bits per heavy atom. The second-order valence-corrected chi connectivity index (χ2v) is 6.05. The van der Waals surface area contributed by atoms with Gasteiger partial charge in [0.25, 0.3) is 5.91 Å². The molecular weight excluding hydrogens is 364 g/mol. The van der Waals surface area contributed by atoms with Crippen molar-refractivity contribution in [1.29, 1.82) is 0 Å². The number of amides is 2. The van der Waals surface area contributed by atoms with Crippen molar-refractivity contribution in [3.63, 3.8) is 0 Å². The lowest BCUT2D eigenvalue weighted by molar-refractivity contribution is -0.137. The fourth-order valence-electron chi connectivity index (χ4n) is 2.62. The van der Waals surface area contributed by atoms with Gasteiger partial charge in [0.1, 0.15) is 0 Å². The number of hydrogen-bond acceptors (Lipinski definition) is 5. The molecule has 0 heterocycles. The Morgan fingerprint density at radius 1 is 1.11 bits per heavy atom. The minimum absolute atomic E-state index is 0.133. The van der Waals surface area contributed by atoms with Crippen molar-refractivity contribution in [3.05, 3.63) is 59.7 Å². The molecule has 148 valence electrons. The second kappa shape index (κ2) is 9.96. The van der Waals surface area contributed by atoms with E-state index in [9.17, 15) is 19.5 Å². The Kier molecular flexibility index (Phi) is 7.38. The van der Waals surface area contributed by atoms with Gasteiger partial charge in [-0.3, -0.25) is 14.4 Å². The van der Waals surface area contributed by atoms with Crippen LogP contribution in [0.3, 0.4) is 0 Å². The van der Waals surface area contributed by atoms with Gasteiger partial charge in [-0.25, -0.2) is 0 Å². The number of nitrogens with two attached hydrogens (primary N) is 1. The van der Waals surface area contributed by atoms with Gasteiger partial charge in [-0.1, -0.05) is 36.4 Å². The Bertz CT molecular complexity index is 838. The molecule has 0 aromatic heterocycles. The second-order valence-electron chi connectivity index (χ2n) is 6.05. The highest BCUT2D eigenvalue weighted by Crippen LogP contribution is 2.31. The fourth-order valence-corrected chi connectivity index (χ4v) is 2.62. The van der Waals surface area contributed by atoms with Gasteiger partial charge < -0.3 is 25.6 Å². The lowest BCUT2D eigenvalue weighted by Gasteiger charge is -2.19. The van der Waals surface area contributed by atoms with Crippen LogP contribution in [-0.4, -0.2) is 36.6 Å². The Balaban J connectivity index is 2.18. The molecule has 0 aliphatic rings. The van der Waals surface area contributed by atoms with Crippen LogP contribution in [0, 0.1) is 0 Å². The van der Waals surface area contributed by atoms with Crippen LogP contribution in [0.25, 0.3) is 0 Å². The quantitative estimate of drug-likeness (QED) is 0.567. The van der Waals surface area contributed by atoms with E-state index in [-0.39, 0.29) is 31.1 Å². The van der Waals surface area contributed by atoms with Gasteiger partial charge in [0, 0.05) is 0 Å². The third-order valence-electron chi connectivity index (χ3n) is 3.88. The summed E-state index contributed by atoms with van der Waals surface area (Å²) in [5.41, 5.74) is 6.42. The van der Waals surface area contributed by atoms with E-state index in [0.29, 0.717) is 11.3 Å². The summed E-state index contributed by atoms with van der Waals surface area (Å²) in [5, 5.41) is 12.0. The summed E-state index contributed by atoms with van der Waals surface area (Å²) in [4.78, 5) is 34.5. The highest BCUT2D eigenvalue weighted by atomic mass is 16.5. The first-order valence-corrected chi connectivity index (χ1v) is 8.53. The molecule has 0 spiro atoms. The average Bonchev–Trinajstić information content (AvgIpc) is 2.66. The van der Waals surface area contributed by atoms with Crippen LogP contribution in [0.15, 0.2) is 48.5 Å². The third kappa shape index (κ3) is 6.31. The molecule has 28 heavy (non-hydrogen) atoms. The summed E-state index contributed by atoms with van der Waals surface area (Å²) in [6.45, 7) is -0.317. The van der Waals surface area contributed by atoms with Gasteiger partial charge in [0.2, 0.25) is 5.91 Å². The normalized spacial score (nSPS) is 11.3. The van der Waals surface area contributed by atoms with Gasteiger partial charge >= 0.3 is 5.97 Å². The van der Waals surface area contributed by atoms with Crippen LogP contribution < -0.4 is 20.5 Å². The predicted octanol–water partition coefficient (Wildman–Crippen LogP) is 1.43. The van der Waals surface area contributed by atoms with Crippen molar-refractivity contribution < 1.29 is 29.0 Å². The van der Waals surface area contributed by atoms with E-state index in [1.54, 1.807) is 12.1 Å². The van der Waals surface area contributed by atoms with Crippen molar-refractivity contribution in [2.45, 2.75) is 18.9 Å². The van der Waals surface area contributed by atoms with Gasteiger partial charge in [0.05, 0.1) is 26.0 Å². The standard InChI is InChI=1S/C20H22N2O6/c1-27-17-10-14(7-8-16(17)28-12-18(21)23)15(11-20(25)26)22-19(24)9-13-5-3-2-4-6-13/h2-8,10,15H,9,11-12H2,1H3,(H2,21,23)(H,22,24)(H,25,26)/t15-/m0/s1. The van der Waals surface area contributed by atoms with E-state index in [2.05, 4.69) is 5.32 Å². The summed E-state index contributed by atoms with van der Waals surface area (Å²) < 4.78 is 10.5. The number of rotatable bonds is 10. The topological polar surface area (TPSA) is 128 Å². The fraction of sp³-hybridized carbons (Fsp3) is 0.250. The van der Waals surface area contributed by atoms with Crippen LogP contribution in [0.2, 0.25) is 0 Å². The molecule has 1 atom stereocenters. The first kappa shape index (κ1) is 20.8. The number of methoxy groups -OCH3 is 1. The minimum atomic E-state index is -1.06. The third-order valence-corrected chi connectivity index (χ3v) is 3.88. The molecule has 0 saturated carbocycles. The number of carboxylic acid groups (broad SMARTS) is 1. The number of ether oxygens (including phenoxy) is 2. The predicted molar refractivity (Wildman–Crippen MR) is 101 cm³/mol. The van der Waals surface area contributed by atoms with Crippen LogP contribution in [-0.2, 0) is 20.8 Å². The van der Waals surface area contributed by atoms with Gasteiger partial charge in [-0.2, -0.15) is 0 Å². The van der Waals surface area contributed by atoms with Crippen molar-refractivity contribution >= 4 is 17.8 Å². The van der Waals surface area contributed by atoms with Crippen molar-refractivity contribution in [1.82, 2.24) is 5.32 Å². The maximum Gasteiger partial charge on any atom is 0.305 e. The molecule has 2 rings (SSSR count). The van der Waals surface area contributed by atoms with Gasteiger partial charge in [0.15, 0.2) is 18.1 Å². The summed E-state index contributed by atoms with van der Waals surface area (Å²) >= 11 is 0. The molecule has 0 radical (unpaired) electrons. The SMILES string of the molecule is COc1cc([C@H](CC(=O)O)NC(=O)Cc2ccccc2)ccc1OCC(N)=O. The molecule has 4 N–H and O–H groups in total. The summed E-state index contributed by atoms with van der Waals surface area (Å²) in [7, 11) is 1.41. The van der Waals surface area contributed by atoms with E-state index in [4.69, 9.17) is 15.2 Å². The number of nitrogens with one attached hydrogen (secondary N) is 1. The Morgan fingerprint density at radius 2 is 1.82 bits per heavy atom. The molecule has 8 heteroatoms. The molecule has 2 amide bonds. The average molecular weight is 386 g/mol. The maximum absolute atomic E-state index is 12.4. The molecule has 0 aliphatic carbocycles. The number of carbonyl (C=O) groups is 3. The minimum Gasteiger partial charge on any atom is -0.493 e. The zero-order valence-electron chi connectivity index (χ0n) is 15.4. The van der Waals surface area contributed by atoms with E-state index in [1.807, 2.05) is 30.3 Å². The Hall–Kier alpha value is -3.55. The molecule has 8 nitrogen and oxygen atoms in total. The van der Waals surface area contributed by atoms with E-state index in [1.165, 1.54) is 13.2 Å². The lowest BCUT2D eigenvalue weighted by atomic mass is 10.0. The Labute approximate surface area is 162 Å². The zero-order valence-corrected chi connectivity index (χ0v) is 15.4. The van der Waals surface area contributed by atoms with Crippen LogP contribution in [0.4, 0.5) is 0 Å². The molecule has 0 unspecified atom stereocenters. The molecule has 2 aromatic carbocycles. The first-order chi connectivity index (χ1) is 13.4.